The molecule has 12 heavy (non-hydrogen) atoms. The van der Waals surface area contributed by atoms with E-state index in [0.717, 1.165) is 18.3 Å². The minimum Gasteiger partial charge on any atom is -0.316 e. The number of halogens is 1. The zero-order valence-corrected chi connectivity index (χ0v) is 8.74. The molecule has 1 saturated carbocycles. The highest BCUT2D eigenvalue weighted by Gasteiger charge is 2.14. The standard InChI is InChI=1S/C10H20ClN/c1-9(6-11)7-12-8-10-4-2-3-5-10/h9-10,12H,2-8H2,1H3. The first-order valence-corrected chi connectivity index (χ1v) is 5.63. The topological polar surface area (TPSA) is 12.0 Å². The monoisotopic (exact) mass is 189 g/mol. The number of rotatable bonds is 5. The molecule has 0 saturated heterocycles. The third-order valence-corrected chi connectivity index (χ3v) is 3.19. The van der Waals surface area contributed by atoms with Crippen LogP contribution in [-0.4, -0.2) is 19.0 Å². The van der Waals surface area contributed by atoms with Crippen molar-refractivity contribution in [3.05, 3.63) is 0 Å². The number of hydrogen-bond donors (Lipinski definition) is 1. The first-order valence-electron chi connectivity index (χ1n) is 5.09. The summed E-state index contributed by atoms with van der Waals surface area (Å²) in [5.41, 5.74) is 0. The molecule has 1 unspecified atom stereocenters. The van der Waals surface area contributed by atoms with Crippen LogP contribution in [0.3, 0.4) is 0 Å². The highest BCUT2D eigenvalue weighted by molar-refractivity contribution is 6.18. The Morgan fingerprint density at radius 3 is 2.67 bits per heavy atom. The minimum atomic E-state index is 0.619. The van der Waals surface area contributed by atoms with Gasteiger partial charge in [0.25, 0.3) is 0 Å². The van der Waals surface area contributed by atoms with Crippen molar-refractivity contribution >= 4 is 11.6 Å². The lowest BCUT2D eigenvalue weighted by Gasteiger charge is -2.12. The van der Waals surface area contributed by atoms with Crippen molar-refractivity contribution in [3.63, 3.8) is 0 Å². The first-order chi connectivity index (χ1) is 5.83. The summed E-state index contributed by atoms with van der Waals surface area (Å²) in [6, 6.07) is 0. The summed E-state index contributed by atoms with van der Waals surface area (Å²) < 4.78 is 0. The second-order valence-corrected chi connectivity index (χ2v) is 4.38. The van der Waals surface area contributed by atoms with Crippen molar-refractivity contribution in [2.45, 2.75) is 32.6 Å². The van der Waals surface area contributed by atoms with Gasteiger partial charge >= 0.3 is 0 Å². The van der Waals surface area contributed by atoms with Gasteiger partial charge in [0, 0.05) is 5.88 Å². The van der Waals surface area contributed by atoms with Crippen LogP contribution < -0.4 is 5.32 Å². The van der Waals surface area contributed by atoms with Crippen LogP contribution >= 0.6 is 11.6 Å². The molecule has 0 heterocycles. The fourth-order valence-electron chi connectivity index (χ4n) is 1.80. The van der Waals surface area contributed by atoms with Gasteiger partial charge in [-0.1, -0.05) is 19.8 Å². The summed E-state index contributed by atoms with van der Waals surface area (Å²) in [6.45, 7) is 4.48. The van der Waals surface area contributed by atoms with Crippen LogP contribution in [0.4, 0.5) is 0 Å². The Hall–Kier alpha value is 0.250. The van der Waals surface area contributed by atoms with Crippen LogP contribution in [0.5, 0.6) is 0 Å². The van der Waals surface area contributed by atoms with E-state index in [1.54, 1.807) is 0 Å². The van der Waals surface area contributed by atoms with Crippen molar-refractivity contribution in [3.8, 4) is 0 Å². The van der Waals surface area contributed by atoms with Crippen molar-refractivity contribution < 1.29 is 0 Å². The summed E-state index contributed by atoms with van der Waals surface area (Å²) in [5, 5.41) is 3.49. The molecule has 1 aliphatic rings. The fraction of sp³-hybridized carbons (Fsp3) is 1.00. The molecule has 0 amide bonds. The zero-order chi connectivity index (χ0) is 8.81. The van der Waals surface area contributed by atoms with Crippen LogP contribution in [0.15, 0.2) is 0 Å². The first kappa shape index (κ1) is 10.3. The fourth-order valence-corrected chi connectivity index (χ4v) is 1.91. The van der Waals surface area contributed by atoms with E-state index in [1.165, 1.54) is 32.2 Å². The van der Waals surface area contributed by atoms with Gasteiger partial charge in [-0.3, -0.25) is 0 Å². The molecule has 0 bridgehead atoms. The molecule has 0 aromatic rings. The second-order valence-electron chi connectivity index (χ2n) is 4.07. The van der Waals surface area contributed by atoms with E-state index in [0.29, 0.717) is 5.92 Å². The number of nitrogens with one attached hydrogen (secondary N) is 1. The zero-order valence-electron chi connectivity index (χ0n) is 7.98. The van der Waals surface area contributed by atoms with E-state index in [9.17, 15) is 0 Å². The average Bonchev–Trinajstić information content (AvgIpc) is 2.57. The number of alkyl halides is 1. The molecule has 1 nitrogen and oxygen atoms in total. The largest absolute Gasteiger partial charge is 0.316 e. The third kappa shape index (κ3) is 3.77. The van der Waals surface area contributed by atoms with Crippen LogP contribution in [0, 0.1) is 11.8 Å². The van der Waals surface area contributed by atoms with E-state index in [4.69, 9.17) is 11.6 Å². The molecule has 1 aliphatic carbocycles. The van der Waals surface area contributed by atoms with Gasteiger partial charge in [-0.15, -0.1) is 11.6 Å². The molecule has 1 fully saturated rings. The Kier molecular flexibility index (Phi) is 5.01. The van der Waals surface area contributed by atoms with Gasteiger partial charge in [0.1, 0.15) is 0 Å². The molecule has 0 radical (unpaired) electrons. The second kappa shape index (κ2) is 5.82. The Balaban J connectivity index is 1.94. The highest BCUT2D eigenvalue weighted by Crippen LogP contribution is 2.23. The van der Waals surface area contributed by atoms with Crippen molar-refractivity contribution in [2.75, 3.05) is 19.0 Å². The SMILES string of the molecule is CC(CCl)CNCC1CCCC1. The summed E-state index contributed by atoms with van der Waals surface area (Å²) in [5.74, 6) is 2.35. The molecule has 1 rings (SSSR count). The van der Waals surface area contributed by atoms with Gasteiger partial charge in [-0.05, 0) is 37.8 Å². The molecule has 0 aromatic carbocycles. The predicted molar refractivity (Wildman–Crippen MR) is 54.7 cm³/mol. The Morgan fingerprint density at radius 1 is 1.42 bits per heavy atom. The molecule has 2 heteroatoms. The van der Waals surface area contributed by atoms with Gasteiger partial charge in [0.15, 0.2) is 0 Å². The quantitative estimate of drug-likeness (QED) is 0.656. The lowest BCUT2D eigenvalue weighted by atomic mass is 10.1. The molecule has 0 aromatic heterocycles. The molecule has 1 atom stereocenters. The van der Waals surface area contributed by atoms with Gasteiger partial charge in [-0.2, -0.15) is 0 Å². The van der Waals surface area contributed by atoms with E-state index in [1.807, 2.05) is 0 Å². The summed E-state index contributed by atoms with van der Waals surface area (Å²) in [7, 11) is 0. The van der Waals surface area contributed by atoms with E-state index in [-0.39, 0.29) is 0 Å². The van der Waals surface area contributed by atoms with Crippen LogP contribution in [-0.2, 0) is 0 Å². The van der Waals surface area contributed by atoms with Crippen molar-refractivity contribution in [1.29, 1.82) is 0 Å². The average molecular weight is 190 g/mol. The summed E-state index contributed by atoms with van der Waals surface area (Å²) in [4.78, 5) is 0. The van der Waals surface area contributed by atoms with Gasteiger partial charge in [-0.25, -0.2) is 0 Å². The minimum absolute atomic E-state index is 0.619. The molecule has 72 valence electrons. The van der Waals surface area contributed by atoms with Gasteiger partial charge in [0.05, 0.1) is 0 Å². The van der Waals surface area contributed by atoms with Crippen LogP contribution in [0.25, 0.3) is 0 Å². The predicted octanol–water partition coefficient (Wildman–Crippen LogP) is 2.64. The third-order valence-electron chi connectivity index (χ3n) is 2.66. The lowest BCUT2D eigenvalue weighted by molar-refractivity contribution is 0.460. The smallest absolute Gasteiger partial charge is 0.0261 e. The Bertz CT molecular complexity index is 110. The van der Waals surface area contributed by atoms with Crippen LogP contribution in [0.1, 0.15) is 32.6 Å². The lowest BCUT2D eigenvalue weighted by Crippen LogP contribution is -2.26. The van der Waals surface area contributed by atoms with Crippen molar-refractivity contribution in [2.24, 2.45) is 11.8 Å². The van der Waals surface area contributed by atoms with Gasteiger partial charge < -0.3 is 5.32 Å². The maximum atomic E-state index is 5.71. The summed E-state index contributed by atoms with van der Waals surface area (Å²) >= 11 is 5.71. The Labute approximate surface area is 80.9 Å². The van der Waals surface area contributed by atoms with Crippen LogP contribution in [0.2, 0.25) is 0 Å². The maximum absolute atomic E-state index is 5.71. The number of hydrogen-bond acceptors (Lipinski definition) is 1. The van der Waals surface area contributed by atoms with Gasteiger partial charge in [0.2, 0.25) is 0 Å². The molecule has 0 spiro atoms. The van der Waals surface area contributed by atoms with E-state index >= 15 is 0 Å². The van der Waals surface area contributed by atoms with E-state index in [2.05, 4.69) is 12.2 Å². The maximum Gasteiger partial charge on any atom is 0.0261 e. The molecule has 1 N–H and O–H groups in total. The Morgan fingerprint density at radius 2 is 2.08 bits per heavy atom. The summed E-state index contributed by atoms with van der Waals surface area (Å²) in [6.07, 6.45) is 5.75. The molecular formula is C10H20ClN. The van der Waals surface area contributed by atoms with Crippen molar-refractivity contribution in [1.82, 2.24) is 5.32 Å². The highest BCUT2D eigenvalue weighted by atomic mass is 35.5. The molecule has 0 aliphatic heterocycles. The normalized spacial score (nSPS) is 21.5. The molecular weight excluding hydrogens is 170 g/mol. The van der Waals surface area contributed by atoms with E-state index < -0.39 is 0 Å².